The summed E-state index contributed by atoms with van der Waals surface area (Å²) in [6.07, 6.45) is 4.54. The zero-order valence-electron chi connectivity index (χ0n) is 12.0. The molecule has 23 heavy (non-hydrogen) atoms. The van der Waals surface area contributed by atoms with E-state index in [1.165, 1.54) is 12.2 Å². The summed E-state index contributed by atoms with van der Waals surface area (Å²) >= 11 is 0. The fourth-order valence-electron chi connectivity index (χ4n) is 2.35. The third-order valence-corrected chi connectivity index (χ3v) is 4.42. The number of fused-ring (bicyclic) bond motifs is 1. The molecule has 0 saturated carbocycles. The molecule has 1 aliphatic carbocycles. The van der Waals surface area contributed by atoms with Crippen molar-refractivity contribution in [2.75, 3.05) is 0 Å². The average molecular weight is 330 g/mol. The maximum Gasteiger partial charge on any atom is 0.294 e. The molecule has 0 radical (unpaired) electrons. The second-order valence-corrected chi connectivity index (χ2v) is 6.54. The number of rotatable bonds is 3. The topological polar surface area (TPSA) is 99.3 Å². The lowest BCUT2D eigenvalue weighted by molar-refractivity contribution is 0.477. The van der Waals surface area contributed by atoms with Gasteiger partial charge in [0.1, 0.15) is 11.4 Å². The van der Waals surface area contributed by atoms with Crippen molar-refractivity contribution < 1.29 is 18.1 Å². The Morgan fingerprint density at radius 3 is 2.61 bits per heavy atom. The summed E-state index contributed by atoms with van der Waals surface area (Å²) in [6.45, 7) is 0. The molecule has 2 aromatic rings. The van der Waals surface area contributed by atoms with Crippen LogP contribution >= 0.6 is 0 Å². The van der Waals surface area contributed by atoms with Gasteiger partial charge in [-0.3, -0.25) is 4.55 Å². The van der Waals surface area contributed by atoms with Crippen LogP contribution in [-0.4, -0.2) is 24.1 Å². The van der Waals surface area contributed by atoms with Gasteiger partial charge in [-0.1, -0.05) is 42.5 Å². The molecule has 0 spiro atoms. The molecule has 6 nitrogen and oxygen atoms in total. The molecule has 2 aromatic carbocycles. The number of hydrogen-bond acceptors (Lipinski definition) is 5. The van der Waals surface area contributed by atoms with E-state index in [0.717, 1.165) is 10.8 Å². The van der Waals surface area contributed by atoms with Gasteiger partial charge in [0.25, 0.3) is 10.1 Å². The van der Waals surface area contributed by atoms with Crippen LogP contribution in [0.25, 0.3) is 10.8 Å². The molecule has 1 unspecified atom stereocenters. The number of benzene rings is 2. The van der Waals surface area contributed by atoms with Crippen molar-refractivity contribution >= 4 is 26.6 Å². The predicted octanol–water partition coefficient (Wildman–Crippen LogP) is 3.73. The molecule has 7 heteroatoms. The minimum absolute atomic E-state index is 0.0291. The summed E-state index contributed by atoms with van der Waals surface area (Å²) in [5.74, 6) is 0.0291. The van der Waals surface area contributed by atoms with Crippen molar-refractivity contribution in [3.63, 3.8) is 0 Å². The van der Waals surface area contributed by atoms with E-state index in [-0.39, 0.29) is 16.7 Å². The third-order valence-electron chi connectivity index (χ3n) is 3.53. The molecule has 0 fully saturated rings. The van der Waals surface area contributed by atoms with E-state index >= 15 is 0 Å². The molecule has 0 bridgehead atoms. The Labute approximate surface area is 133 Å². The number of phenolic OH excluding ortho intramolecular Hbond substituents is 1. The Bertz CT molecular complexity index is 946. The van der Waals surface area contributed by atoms with Gasteiger partial charge in [0, 0.05) is 5.39 Å². The molecule has 0 heterocycles. The van der Waals surface area contributed by atoms with E-state index in [4.69, 9.17) is 4.55 Å². The normalized spacial score (nSPS) is 18.5. The highest BCUT2D eigenvalue weighted by atomic mass is 32.2. The van der Waals surface area contributed by atoms with Crippen LogP contribution in [0.4, 0.5) is 5.69 Å². The summed E-state index contributed by atoms with van der Waals surface area (Å²) in [6, 6.07) is 10.5. The lowest BCUT2D eigenvalue weighted by Crippen LogP contribution is -2.07. The van der Waals surface area contributed by atoms with Gasteiger partial charge in [-0.15, -0.1) is 0 Å². The van der Waals surface area contributed by atoms with Crippen molar-refractivity contribution in [1.82, 2.24) is 0 Å². The summed E-state index contributed by atoms with van der Waals surface area (Å²) in [4.78, 5) is -0.142. The van der Waals surface area contributed by atoms with Crippen molar-refractivity contribution in [3.8, 4) is 5.75 Å². The highest BCUT2D eigenvalue weighted by molar-refractivity contribution is 7.90. The van der Waals surface area contributed by atoms with Crippen molar-refractivity contribution in [3.05, 3.63) is 59.5 Å². The van der Waals surface area contributed by atoms with Crippen LogP contribution in [-0.2, 0) is 10.1 Å². The summed E-state index contributed by atoms with van der Waals surface area (Å²) < 4.78 is 31.0. The molecule has 0 aromatic heterocycles. The molecule has 118 valence electrons. The Hall–Kier alpha value is -2.51. The second kappa shape index (κ2) is 5.94. The Kier molecular flexibility index (Phi) is 3.97. The monoisotopic (exact) mass is 330 g/mol. The number of nitrogens with zero attached hydrogens (tertiary/aromatic N) is 2. The van der Waals surface area contributed by atoms with E-state index in [2.05, 4.69) is 10.2 Å². The van der Waals surface area contributed by atoms with Gasteiger partial charge in [-0.25, -0.2) is 0 Å². The molecular weight excluding hydrogens is 316 g/mol. The van der Waals surface area contributed by atoms with E-state index in [9.17, 15) is 13.5 Å². The molecule has 2 N–H and O–H groups in total. The number of hydrogen-bond donors (Lipinski definition) is 2. The van der Waals surface area contributed by atoms with E-state index in [1.807, 2.05) is 24.3 Å². The van der Waals surface area contributed by atoms with Crippen LogP contribution in [0.1, 0.15) is 6.42 Å². The molecule has 1 aliphatic rings. The first-order valence-corrected chi connectivity index (χ1v) is 8.36. The minimum Gasteiger partial charge on any atom is -0.506 e. The van der Waals surface area contributed by atoms with Crippen LogP contribution < -0.4 is 0 Å². The van der Waals surface area contributed by atoms with Crippen LogP contribution in [0.3, 0.4) is 0 Å². The van der Waals surface area contributed by atoms with Crippen molar-refractivity contribution in [2.24, 2.45) is 10.2 Å². The van der Waals surface area contributed by atoms with Crippen LogP contribution in [0.5, 0.6) is 5.75 Å². The van der Waals surface area contributed by atoms with Gasteiger partial charge >= 0.3 is 0 Å². The van der Waals surface area contributed by atoms with Gasteiger partial charge in [0.15, 0.2) is 0 Å². The number of aromatic hydroxyl groups is 1. The van der Waals surface area contributed by atoms with E-state index in [1.54, 1.807) is 18.2 Å². The first-order chi connectivity index (χ1) is 10.9. The molecule has 0 saturated heterocycles. The highest BCUT2D eigenvalue weighted by Gasteiger charge is 2.16. The van der Waals surface area contributed by atoms with E-state index < -0.39 is 10.1 Å². The van der Waals surface area contributed by atoms with Gasteiger partial charge < -0.3 is 5.11 Å². The Morgan fingerprint density at radius 2 is 1.91 bits per heavy atom. The Balaban J connectivity index is 1.87. The van der Waals surface area contributed by atoms with Gasteiger partial charge in [0.05, 0.1) is 10.9 Å². The first-order valence-electron chi connectivity index (χ1n) is 6.92. The molecular formula is C16H14N2O4S. The third kappa shape index (κ3) is 3.30. The lowest BCUT2D eigenvalue weighted by Gasteiger charge is -2.10. The number of phenols is 1. The quantitative estimate of drug-likeness (QED) is 0.661. The van der Waals surface area contributed by atoms with Crippen molar-refractivity contribution in [2.45, 2.75) is 12.5 Å². The van der Waals surface area contributed by atoms with Gasteiger partial charge in [0.2, 0.25) is 0 Å². The fourth-order valence-corrected chi connectivity index (χ4v) is 2.90. The van der Waals surface area contributed by atoms with Crippen LogP contribution in [0.2, 0.25) is 0 Å². The second-order valence-electron chi connectivity index (χ2n) is 5.11. The standard InChI is InChI=1S/C16H14N2O4S/c19-15-10-5-11-3-1-2-4-14(11)16(15)18-17-12-6-8-13(9-7-12)23(20,21)22/h1-6,8-10,12,19H,7H2,(H,20,21,22)/b18-17+. The molecule has 1 atom stereocenters. The van der Waals surface area contributed by atoms with Crippen LogP contribution in [0.15, 0.2) is 69.8 Å². The van der Waals surface area contributed by atoms with Crippen LogP contribution in [0, 0.1) is 0 Å². The maximum atomic E-state index is 11.0. The zero-order valence-corrected chi connectivity index (χ0v) is 12.8. The number of allylic oxidation sites excluding steroid dienone is 1. The van der Waals surface area contributed by atoms with Crippen molar-refractivity contribution in [1.29, 1.82) is 0 Å². The van der Waals surface area contributed by atoms with Gasteiger partial charge in [-0.05, 0) is 23.9 Å². The molecule has 0 amide bonds. The highest BCUT2D eigenvalue weighted by Crippen LogP contribution is 2.35. The molecule has 3 rings (SSSR count). The minimum atomic E-state index is -4.19. The summed E-state index contributed by atoms with van der Waals surface area (Å²) in [7, 11) is -4.19. The largest absolute Gasteiger partial charge is 0.506 e. The Morgan fingerprint density at radius 1 is 1.13 bits per heavy atom. The first kappa shape index (κ1) is 15.4. The van der Waals surface area contributed by atoms with E-state index in [0.29, 0.717) is 12.1 Å². The molecule has 0 aliphatic heterocycles. The smallest absolute Gasteiger partial charge is 0.294 e. The van der Waals surface area contributed by atoms with Gasteiger partial charge in [-0.2, -0.15) is 18.6 Å². The number of azo groups is 1. The fraction of sp³-hybridized carbons (Fsp3) is 0.125. The lowest BCUT2D eigenvalue weighted by atomic mass is 10.1. The maximum absolute atomic E-state index is 11.0. The zero-order chi connectivity index (χ0) is 16.4. The SMILES string of the molecule is O=S(=O)(O)C1=CCC(/N=N/c2c(O)ccc3ccccc23)C=C1. The predicted molar refractivity (Wildman–Crippen MR) is 87.3 cm³/mol. The summed E-state index contributed by atoms with van der Waals surface area (Å²) in [5.41, 5.74) is 0.376. The summed E-state index contributed by atoms with van der Waals surface area (Å²) in [5, 5.41) is 20.0. The average Bonchev–Trinajstić information content (AvgIpc) is 2.53.